The lowest BCUT2D eigenvalue weighted by Gasteiger charge is -2.07. The van der Waals surface area contributed by atoms with Gasteiger partial charge in [-0.1, -0.05) is 65.1 Å². The average molecular weight is 464 g/mol. The van der Waals surface area contributed by atoms with Crippen LogP contribution in [0.2, 0.25) is 10.0 Å². The first-order valence-corrected chi connectivity index (χ1v) is 9.95. The van der Waals surface area contributed by atoms with Crippen molar-refractivity contribution >= 4 is 68.1 Å². The number of anilines is 1. The van der Waals surface area contributed by atoms with Crippen LogP contribution in [0.4, 0.5) is 5.69 Å². The normalized spacial score (nSPS) is 12.0. The molecule has 0 bridgehead atoms. The molecule has 0 atom stereocenters. The number of hydrazone groups is 2. The maximum Gasteiger partial charge on any atom is 0.277 e. The molecule has 9 heteroatoms. The average Bonchev–Trinajstić information content (AvgIpc) is 2.75. The third-order valence-corrected chi connectivity index (χ3v) is 4.85. The second-order valence-corrected chi connectivity index (χ2v) is 7.37. The molecular weight excluding hydrogens is 447 g/mol. The lowest BCUT2D eigenvalue weighted by molar-refractivity contribution is -0.123. The molecule has 6 nitrogen and oxygen atoms in total. The molecule has 0 radical (unpaired) electrons. The van der Waals surface area contributed by atoms with Crippen LogP contribution in [0.3, 0.4) is 0 Å². The van der Waals surface area contributed by atoms with E-state index in [4.69, 9.17) is 39.5 Å². The monoisotopic (exact) mass is 462 g/mol. The van der Waals surface area contributed by atoms with Crippen molar-refractivity contribution in [3.63, 3.8) is 0 Å². The topological polar surface area (TPSA) is 75.1 Å². The summed E-state index contributed by atoms with van der Waals surface area (Å²) < 4.78 is 5.51. The second kappa shape index (κ2) is 10.3. The first-order chi connectivity index (χ1) is 14.4. The zero-order valence-corrected chi connectivity index (χ0v) is 18.1. The van der Waals surface area contributed by atoms with Crippen LogP contribution in [-0.4, -0.2) is 23.4 Å². The van der Waals surface area contributed by atoms with E-state index in [1.54, 1.807) is 31.2 Å². The van der Waals surface area contributed by atoms with Crippen LogP contribution in [-0.2, 0) is 4.79 Å². The van der Waals surface area contributed by atoms with Gasteiger partial charge in [-0.2, -0.15) is 10.2 Å². The van der Waals surface area contributed by atoms with Crippen LogP contribution < -0.4 is 15.6 Å². The molecule has 0 aliphatic carbocycles. The van der Waals surface area contributed by atoms with Crippen LogP contribution in [0.15, 0.2) is 70.9 Å². The van der Waals surface area contributed by atoms with Crippen molar-refractivity contribution in [2.75, 3.05) is 12.0 Å². The van der Waals surface area contributed by atoms with E-state index in [1.165, 1.54) is 0 Å². The number of nitrogens with zero attached hydrogens (tertiary/aromatic N) is 2. The third-order valence-electron chi connectivity index (χ3n) is 3.94. The summed E-state index contributed by atoms with van der Waals surface area (Å²) in [6.45, 7) is 1.41. The molecule has 0 spiro atoms. The van der Waals surface area contributed by atoms with Gasteiger partial charge >= 0.3 is 0 Å². The number of amides is 1. The number of carbonyl (C=O) groups is 1. The van der Waals surface area contributed by atoms with E-state index in [9.17, 15) is 4.79 Å². The van der Waals surface area contributed by atoms with Crippen LogP contribution in [0.25, 0.3) is 10.8 Å². The summed E-state index contributed by atoms with van der Waals surface area (Å²) in [6, 6.07) is 18.4. The Morgan fingerprint density at radius 2 is 1.77 bits per heavy atom. The Hall–Kier alpha value is -2.80. The van der Waals surface area contributed by atoms with Gasteiger partial charge in [0.25, 0.3) is 5.91 Å². The number of rotatable bonds is 7. The molecule has 30 heavy (non-hydrogen) atoms. The molecule has 1 amide bonds. The first-order valence-electron chi connectivity index (χ1n) is 8.82. The van der Waals surface area contributed by atoms with Gasteiger partial charge in [-0.15, -0.1) is 0 Å². The highest BCUT2D eigenvalue weighted by Gasteiger charge is 2.06. The fourth-order valence-electron chi connectivity index (χ4n) is 2.40. The zero-order valence-electron chi connectivity index (χ0n) is 15.8. The minimum absolute atomic E-state index is 0.0526. The van der Waals surface area contributed by atoms with Crippen molar-refractivity contribution in [2.45, 2.75) is 6.92 Å². The molecule has 0 saturated carbocycles. The molecule has 0 aromatic heterocycles. The minimum atomic E-state index is -0.430. The van der Waals surface area contributed by atoms with Crippen molar-refractivity contribution in [3.8, 4) is 5.75 Å². The van der Waals surface area contributed by atoms with Gasteiger partial charge < -0.3 is 4.74 Å². The van der Waals surface area contributed by atoms with E-state index in [0.717, 1.165) is 10.8 Å². The molecule has 3 aromatic carbocycles. The number of ether oxygens (including phenoxy) is 1. The number of halogens is 3. The van der Waals surface area contributed by atoms with Crippen molar-refractivity contribution in [1.82, 2.24) is 5.43 Å². The van der Waals surface area contributed by atoms with Gasteiger partial charge in [-0.25, -0.2) is 5.43 Å². The van der Waals surface area contributed by atoms with E-state index in [1.807, 2.05) is 36.4 Å². The summed E-state index contributed by atoms with van der Waals surface area (Å²) in [7, 11) is 0. The maximum absolute atomic E-state index is 12.0. The Morgan fingerprint density at radius 1 is 1.00 bits per heavy atom. The fraction of sp³-hybridized carbons (Fsp3) is 0.0952. The Labute approximate surface area is 188 Å². The third kappa shape index (κ3) is 6.10. The van der Waals surface area contributed by atoms with Crippen LogP contribution in [0, 0.1) is 0 Å². The predicted octanol–water partition coefficient (Wildman–Crippen LogP) is 5.68. The number of fused-ring (bicyclic) bond motifs is 1. The minimum Gasteiger partial charge on any atom is -0.484 e. The summed E-state index contributed by atoms with van der Waals surface area (Å²) in [5.41, 5.74) is 5.92. The number of hydrogen-bond acceptors (Lipinski definition) is 5. The quantitative estimate of drug-likeness (QED) is 0.349. The van der Waals surface area contributed by atoms with E-state index in [2.05, 4.69) is 21.1 Å². The van der Waals surface area contributed by atoms with Crippen molar-refractivity contribution in [1.29, 1.82) is 0 Å². The summed E-state index contributed by atoms with van der Waals surface area (Å²) in [6.07, 6.45) is 0. The van der Waals surface area contributed by atoms with Crippen molar-refractivity contribution in [2.24, 2.45) is 10.2 Å². The van der Waals surface area contributed by atoms with E-state index >= 15 is 0 Å². The van der Waals surface area contributed by atoms with Gasteiger partial charge in [-0.05, 0) is 48.0 Å². The Bertz CT molecular complexity index is 1130. The SMILES string of the molecule is CC(=N/NC(=O)COc1ccc2ccccc2c1)/C(Cl)=N/Nc1ccc(Cl)cc1Cl. The lowest BCUT2D eigenvalue weighted by atomic mass is 10.1. The summed E-state index contributed by atoms with van der Waals surface area (Å²) in [5, 5.41) is 11.0. The Balaban J connectivity index is 1.52. The number of carbonyl (C=O) groups excluding carboxylic acids is 1. The molecule has 0 fully saturated rings. The highest BCUT2D eigenvalue weighted by Crippen LogP contribution is 2.25. The molecular formula is C21H17Cl3N4O2. The van der Waals surface area contributed by atoms with Crippen LogP contribution >= 0.6 is 34.8 Å². The lowest BCUT2D eigenvalue weighted by Crippen LogP contribution is -2.26. The number of nitrogens with one attached hydrogen (secondary N) is 2. The zero-order chi connectivity index (χ0) is 21.5. The number of benzene rings is 3. The molecule has 0 aliphatic heterocycles. The van der Waals surface area contributed by atoms with Gasteiger partial charge in [0.05, 0.1) is 16.4 Å². The van der Waals surface area contributed by atoms with Gasteiger partial charge in [0.15, 0.2) is 11.8 Å². The van der Waals surface area contributed by atoms with Gasteiger partial charge in [0, 0.05) is 5.02 Å². The molecule has 0 saturated heterocycles. The summed E-state index contributed by atoms with van der Waals surface area (Å²) in [5.74, 6) is 0.161. The van der Waals surface area contributed by atoms with E-state index in [-0.39, 0.29) is 11.8 Å². The first kappa shape index (κ1) is 21.9. The van der Waals surface area contributed by atoms with E-state index < -0.39 is 5.91 Å². The number of hydrogen-bond donors (Lipinski definition) is 2. The molecule has 2 N–H and O–H groups in total. The summed E-state index contributed by atoms with van der Waals surface area (Å²) >= 11 is 18.0. The Kier molecular flexibility index (Phi) is 7.52. The highest BCUT2D eigenvalue weighted by atomic mass is 35.5. The smallest absolute Gasteiger partial charge is 0.277 e. The molecule has 0 heterocycles. The molecule has 154 valence electrons. The molecule has 0 unspecified atom stereocenters. The maximum atomic E-state index is 12.0. The predicted molar refractivity (Wildman–Crippen MR) is 124 cm³/mol. The standard InChI is InChI=1S/C21H17Cl3N4O2/c1-13(21(24)28-26-19-9-7-16(22)11-18(19)23)25-27-20(29)12-30-17-8-6-14-4-2-3-5-15(14)10-17/h2-11,26H,12H2,1H3,(H,27,29)/b25-13-,28-21-. The molecule has 0 aliphatic rings. The second-order valence-electron chi connectivity index (χ2n) is 6.17. The summed E-state index contributed by atoms with van der Waals surface area (Å²) in [4.78, 5) is 12.0. The van der Waals surface area contributed by atoms with Gasteiger partial charge in [0.1, 0.15) is 5.75 Å². The largest absolute Gasteiger partial charge is 0.484 e. The van der Waals surface area contributed by atoms with Crippen molar-refractivity contribution < 1.29 is 9.53 Å². The van der Waals surface area contributed by atoms with Gasteiger partial charge in [-0.3, -0.25) is 10.2 Å². The molecule has 3 aromatic rings. The Morgan fingerprint density at radius 3 is 2.53 bits per heavy atom. The fourth-order valence-corrected chi connectivity index (χ4v) is 2.94. The van der Waals surface area contributed by atoms with Crippen molar-refractivity contribution in [3.05, 3.63) is 70.7 Å². The van der Waals surface area contributed by atoms with Crippen LogP contribution in [0.1, 0.15) is 6.92 Å². The highest BCUT2D eigenvalue weighted by molar-refractivity contribution is 6.83. The van der Waals surface area contributed by atoms with Crippen LogP contribution in [0.5, 0.6) is 5.75 Å². The molecule has 3 rings (SSSR count). The van der Waals surface area contributed by atoms with Gasteiger partial charge in [0.2, 0.25) is 0 Å². The van der Waals surface area contributed by atoms with E-state index in [0.29, 0.717) is 27.2 Å².